The average molecular weight is 323 g/mol. The maximum absolute atomic E-state index is 6.08. The standard InChI is InChI=1S/C15H16Cl2N4/c1-10-14-15(20(2)19-10)21(13(18-14)6-7-16)9-11-4-3-5-12(17)8-11/h3-5,8H,6-7,9H2,1-2H3. The molecule has 0 saturated carbocycles. The Hall–Kier alpha value is -1.52. The molecule has 0 fully saturated rings. The van der Waals surface area contributed by atoms with Crippen LogP contribution in [0.5, 0.6) is 0 Å². The fourth-order valence-corrected chi connectivity index (χ4v) is 3.02. The maximum Gasteiger partial charge on any atom is 0.158 e. The van der Waals surface area contributed by atoms with Crippen molar-refractivity contribution in [3.8, 4) is 0 Å². The second kappa shape index (κ2) is 5.70. The Balaban J connectivity index is 2.12. The molecule has 3 aromatic rings. The number of aromatic nitrogens is 4. The van der Waals surface area contributed by atoms with E-state index in [-0.39, 0.29) is 0 Å². The molecule has 4 nitrogen and oxygen atoms in total. The molecule has 2 aromatic heterocycles. The molecule has 6 heteroatoms. The van der Waals surface area contributed by atoms with Crippen LogP contribution in [-0.2, 0) is 20.0 Å². The van der Waals surface area contributed by atoms with Crippen LogP contribution < -0.4 is 0 Å². The minimum absolute atomic E-state index is 0.547. The normalized spacial score (nSPS) is 11.4. The Bertz CT molecular complexity index is 788. The Kier molecular flexibility index (Phi) is 3.91. The predicted octanol–water partition coefficient (Wildman–Crippen LogP) is 3.56. The number of hydrogen-bond acceptors (Lipinski definition) is 2. The fraction of sp³-hybridized carbons (Fsp3) is 0.333. The third-order valence-electron chi connectivity index (χ3n) is 3.52. The summed E-state index contributed by atoms with van der Waals surface area (Å²) in [6.45, 7) is 2.69. The van der Waals surface area contributed by atoms with Gasteiger partial charge in [-0.2, -0.15) is 5.10 Å². The summed E-state index contributed by atoms with van der Waals surface area (Å²) in [5.41, 5.74) is 4.04. The molecule has 0 aliphatic heterocycles. The first kappa shape index (κ1) is 14.4. The van der Waals surface area contributed by atoms with Crippen molar-refractivity contribution in [3.63, 3.8) is 0 Å². The maximum atomic E-state index is 6.08. The minimum Gasteiger partial charge on any atom is -0.308 e. The van der Waals surface area contributed by atoms with Gasteiger partial charge in [0.2, 0.25) is 0 Å². The lowest BCUT2D eigenvalue weighted by molar-refractivity contribution is 0.692. The van der Waals surface area contributed by atoms with Crippen LogP contribution in [0.1, 0.15) is 17.1 Å². The van der Waals surface area contributed by atoms with Crippen molar-refractivity contribution in [2.45, 2.75) is 19.9 Å². The molecule has 110 valence electrons. The lowest BCUT2D eigenvalue weighted by Crippen LogP contribution is -2.09. The van der Waals surface area contributed by atoms with E-state index in [0.717, 1.165) is 39.7 Å². The number of fused-ring (bicyclic) bond motifs is 1. The topological polar surface area (TPSA) is 35.6 Å². The lowest BCUT2D eigenvalue weighted by Gasteiger charge is -2.09. The molecule has 0 atom stereocenters. The number of imidazole rings is 1. The highest BCUT2D eigenvalue weighted by Crippen LogP contribution is 2.22. The van der Waals surface area contributed by atoms with Crippen molar-refractivity contribution in [2.24, 2.45) is 7.05 Å². The summed E-state index contributed by atoms with van der Waals surface area (Å²) in [6.07, 6.45) is 0.732. The van der Waals surface area contributed by atoms with E-state index >= 15 is 0 Å². The average Bonchev–Trinajstić information content (AvgIpc) is 2.91. The third kappa shape index (κ3) is 2.65. The van der Waals surface area contributed by atoms with Gasteiger partial charge in [0.15, 0.2) is 5.65 Å². The van der Waals surface area contributed by atoms with Crippen LogP contribution in [0.3, 0.4) is 0 Å². The van der Waals surface area contributed by atoms with Gasteiger partial charge >= 0.3 is 0 Å². The van der Waals surface area contributed by atoms with Crippen LogP contribution in [-0.4, -0.2) is 25.2 Å². The molecule has 0 amide bonds. The van der Waals surface area contributed by atoms with Gasteiger partial charge in [-0.15, -0.1) is 11.6 Å². The summed E-state index contributed by atoms with van der Waals surface area (Å²) < 4.78 is 4.04. The molecular weight excluding hydrogens is 307 g/mol. The van der Waals surface area contributed by atoms with E-state index in [4.69, 9.17) is 28.2 Å². The minimum atomic E-state index is 0.547. The number of aryl methyl sites for hydroxylation is 3. The third-order valence-corrected chi connectivity index (χ3v) is 3.94. The van der Waals surface area contributed by atoms with Gasteiger partial charge in [0.25, 0.3) is 0 Å². The molecule has 0 aliphatic rings. The summed E-state index contributed by atoms with van der Waals surface area (Å²) in [4.78, 5) is 4.70. The Morgan fingerprint density at radius 2 is 2.10 bits per heavy atom. The van der Waals surface area contributed by atoms with E-state index in [2.05, 4.69) is 15.7 Å². The van der Waals surface area contributed by atoms with Gasteiger partial charge in [-0.05, 0) is 24.6 Å². The van der Waals surface area contributed by atoms with Gasteiger partial charge in [-0.3, -0.25) is 4.68 Å². The van der Waals surface area contributed by atoms with Crippen molar-refractivity contribution in [1.29, 1.82) is 0 Å². The van der Waals surface area contributed by atoms with Crippen LogP contribution in [0.15, 0.2) is 24.3 Å². The molecule has 21 heavy (non-hydrogen) atoms. The van der Waals surface area contributed by atoms with Gasteiger partial charge in [-0.25, -0.2) is 4.98 Å². The molecule has 0 unspecified atom stereocenters. The van der Waals surface area contributed by atoms with E-state index in [1.807, 2.05) is 36.9 Å². The highest BCUT2D eigenvalue weighted by molar-refractivity contribution is 6.30. The number of halogens is 2. The molecule has 0 radical (unpaired) electrons. The smallest absolute Gasteiger partial charge is 0.158 e. The summed E-state index contributed by atoms with van der Waals surface area (Å²) in [6, 6.07) is 7.87. The zero-order valence-corrected chi connectivity index (χ0v) is 13.5. The molecule has 3 rings (SSSR count). The van der Waals surface area contributed by atoms with Crippen LogP contribution in [0.4, 0.5) is 0 Å². The first-order chi connectivity index (χ1) is 10.1. The van der Waals surface area contributed by atoms with Crippen LogP contribution in [0.25, 0.3) is 11.2 Å². The first-order valence-electron chi connectivity index (χ1n) is 6.79. The van der Waals surface area contributed by atoms with Gasteiger partial charge in [0.05, 0.1) is 12.2 Å². The van der Waals surface area contributed by atoms with E-state index < -0.39 is 0 Å². The summed E-state index contributed by atoms with van der Waals surface area (Å²) in [5.74, 6) is 1.53. The van der Waals surface area contributed by atoms with Crippen molar-refractivity contribution < 1.29 is 0 Å². The largest absolute Gasteiger partial charge is 0.308 e. The number of rotatable bonds is 4. The van der Waals surface area contributed by atoms with Crippen LogP contribution >= 0.6 is 23.2 Å². The van der Waals surface area contributed by atoms with Crippen LogP contribution in [0, 0.1) is 6.92 Å². The van der Waals surface area contributed by atoms with E-state index in [1.54, 1.807) is 0 Å². The SMILES string of the molecule is Cc1nn(C)c2c1nc(CCCl)n2Cc1cccc(Cl)c1. The van der Waals surface area contributed by atoms with E-state index in [0.29, 0.717) is 12.4 Å². The Labute approximate surface area is 133 Å². The zero-order valence-electron chi connectivity index (χ0n) is 12.0. The number of nitrogens with zero attached hydrogens (tertiary/aromatic N) is 4. The summed E-state index contributed by atoms with van der Waals surface area (Å²) >= 11 is 12.0. The monoisotopic (exact) mass is 322 g/mol. The second-order valence-corrected chi connectivity index (χ2v) is 5.88. The number of benzene rings is 1. The van der Waals surface area contributed by atoms with Crippen molar-refractivity contribution in [3.05, 3.63) is 46.4 Å². The first-order valence-corrected chi connectivity index (χ1v) is 7.70. The predicted molar refractivity (Wildman–Crippen MR) is 86.2 cm³/mol. The molecule has 0 aliphatic carbocycles. The molecule has 0 bridgehead atoms. The van der Waals surface area contributed by atoms with Gasteiger partial charge in [0.1, 0.15) is 11.3 Å². The fourth-order valence-electron chi connectivity index (χ4n) is 2.64. The number of alkyl halides is 1. The van der Waals surface area contributed by atoms with E-state index in [9.17, 15) is 0 Å². The second-order valence-electron chi connectivity index (χ2n) is 5.06. The molecule has 2 heterocycles. The Morgan fingerprint density at radius 1 is 1.29 bits per heavy atom. The quantitative estimate of drug-likeness (QED) is 0.688. The summed E-state index contributed by atoms with van der Waals surface area (Å²) in [5, 5.41) is 5.19. The summed E-state index contributed by atoms with van der Waals surface area (Å²) in [7, 11) is 1.94. The lowest BCUT2D eigenvalue weighted by atomic mass is 10.2. The highest BCUT2D eigenvalue weighted by atomic mass is 35.5. The van der Waals surface area contributed by atoms with Gasteiger partial charge < -0.3 is 4.57 Å². The molecule has 0 spiro atoms. The zero-order chi connectivity index (χ0) is 15.0. The van der Waals surface area contributed by atoms with Crippen molar-refractivity contribution in [1.82, 2.24) is 19.3 Å². The molecule has 0 N–H and O–H groups in total. The van der Waals surface area contributed by atoms with E-state index in [1.165, 1.54) is 0 Å². The molecule has 1 aromatic carbocycles. The van der Waals surface area contributed by atoms with Crippen molar-refractivity contribution >= 4 is 34.4 Å². The molecular formula is C15H16Cl2N4. The van der Waals surface area contributed by atoms with Gasteiger partial charge in [-0.1, -0.05) is 23.7 Å². The van der Waals surface area contributed by atoms with Crippen molar-refractivity contribution in [2.75, 3.05) is 5.88 Å². The van der Waals surface area contributed by atoms with Gasteiger partial charge in [0, 0.05) is 24.4 Å². The Morgan fingerprint density at radius 3 is 2.81 bits per heavy atom. The van der Waals surface area contributed by atoms with Crippen LogP contribution in [0.2, 0.25) is 5.02 Å². The highest BCUT2D eigenvalue weighted by Gasteiger charge is 2.17. The number of hydrogen-bond donors (Lipinski definition) is 0. The molecule has 0 saturated heterocycles.